The van der Waals surface area contributed by atoms with E-state index in [1.807, 2.05) is 24.3 Å². The van der Waals surface area contributed by atoms with E-state index in [2.05, 4.69) is 21.2 Å². The van der Waals surface area contributed by atoms with E-state index < -0.39 is 0 Å². The summed E-state index contributed by atoms with van der Waals surface area (Å²) in [4.78, 5) is 25.8. The second-order valence-electron chi connectivity index (χ2n) is 5.29. The first kappa shape index (κ1) is 16.8. The van der Waals surface area contributed by atoms with E-state index in [9.17, 15) is 9.59 Å². The summed E-state index contributed by atoms with van der Waals surface area (Å²) in [6.07, 6.45) is 1.61. The molecule has 120 valence electrons. The number of piperidine rings is 1. The van der Waals surface area contributed by atoms with Gasteiger partial charge in [0.1, 0.15) is 0 Å². The highest BCUT2D eigenvalue weighted by atomic mass is 79.9. The van der Waals surface area contributed by atoms with Crippen LogP contribution in [0.5, 0.6) is 0 Å². The smallest absolute Gasteiger partial charge is 0.317 e. The Balaban J connectivity index is 1.87. The van der Waals surface area contributed by atoms with Crippen LogP contribution in [-0.4, -0.2) is 36.6 Å². The van der Waals surface area contributed by atoms with Crippen molar-refractivity contribution in [3.05, 3.63) is 34.3 Å². The Morgan fingerprint density at radius 1 is 1.41 bits per heavy atom. The van der Waals surface area contributed by atoms with Crippen LogP contribution >= 0.6 is 15.9 Å². The molecule has 2 rings (SSSR count). The number of carbonyl (C=O) groups is 2. The van der Waals surface area contributed by atoms with Gasteiger partial charge in [-0.05, 0) is 31.4 Å². The highest BCUT2D eigenvalue weighted by Gasteiger charge is 2.29. The minimum Gasteiger partial charge on any atom is -0.466 e. The molecule has 1 N–H and O–H groups in total. The van der Waals surface area contributed by atoms with Gasteiger partial charge in [-0.3, -0.25) is 4.79 Å². The van der Waals surface area contributed by atoms with Gasteiger partial charge in [-0.15, -0.1) is 0 Å². The molecule has 1 heterocycles. The van der Waals surface area contributed by atoms with Crippen LogP contribution in [0.4, 0.5) is 4.79 Å². The number of rotatable bonds is 4. The van der Waals surface area contributed by atoms with Crippen LogP contribution in [0.2, 0.25) is 0 Å². The standard InChI is InChI=1S/C16H21BrN2O3/c1-2-22-15(20)13-7-5-9-19(11-13)16(21)18-10-12-6-3-4-8-14(12)17/h3-4,6,8,13H,2,5,7,9-11H2,1H3,(H,18,21). The molecule has 1 fully saturated rings. The van der Waals surface area contributed by atoms with Gasteiger partial charge in [0.25, 0.3) is 0 Å². The maximum absolute atomic E-state index is 12.3. The van der Waals surface area contributed by atoms with E-state index >= 15 is 0 Å². The van der Waals surface area contributed by atoms with E-state index in [4.69, 9.17) is 4.74 Å². The average molecular weight is 369 g/mol. The van der Waals surface area contributed by atoms with Gasteiger partial charge in [-0.25, -0.2) is 4.79 Å². The Kier molecular flexibility index (Phi) is 6.24. The minimum absolute atomic E-state index is 0.134. The molecule has 0 spiro atoms. The predicted octanol–water partition coefficient (Wildman–Crippen LogP) is 2.93. The number of ether oxygens (including phenoxy) is 1. The number of benzene rings is 1. The van der Waals surface area contributed by atoms with Gasteiger partial charge in [-0.2, -0.15) is 0 Å². The first-order valence-corrected chi connectivity index (χ1v) is 8.34. The van der Waals surface area contributed by atoms with Crippen molar-refractivity contribution < 1.29 is 14.3 Å². The quantitative estimate of drug-likeness (QED) is 0.831. The Bertz CT molecular complexity index is 536. The van der Waals surface area contributed by atoms with Crippen molar-refractivity contribution in [3.8, 4) is 0 Å². The van der Waals surface area contributed by atoms with Gasteiger partial charge in [-0.1, -0.05) is 34.1 Å². The fourth-order valence-electron chi connectivity index (χ4n) is 2.54. The summed E-state index contributed by atoms with van der Waals surface area (Å²) in [5.74, 6) is -0.409. The lowest BCUT2D eigenvalue weighted by Gasteiger charge is -2.31. The molecule has 1 unspecified atom stereocenters. The largest absolute Gasteiger partial charge is 0.466 e. The van der Waals surface area contributed by atoms with E-state index in [1.54, 1.807) is 11.8 Å². The van der Waals surface area contributed by atoms with Crippen LogP contribution in [0.1, 0.15) is 25.3 Å². The molecule has 1 aromatic carbocycles. The van der Waals surface area contributed by atoms with Crippen molar-refractivity contribution in [1.82, 2.24) is 10.2 Å². The van der Waals surface area contributed by atoms with Crippen molar-refractivity contribution >= 4 is 27.9 Å². The van der Waals surface area contributed by atoms with Crippen LogP contribution < -0.4 is 5.32 Å². The molecule has 1 aromatic rings. The number of halogens is 1. The molecule has 1 aliphatic heterocycles. The van der Waals surface area contributed by atoms with Crippen molar-refractivity contribution in [2.24, 2.45) is 5.92 Å². The molecule has 22 heavy (non-hydrogen) atoms. The van der Waals surface area contributed by atoms with Gasteiger partial charge in [0.15, 0.2) is 0 Å². The number of carbonyl (C=O) groups excluding carboxylic acids is 2. The lowest BCUT2D eigenvalue weighted by Crippen LogP contribution is -2.47. The third-order valence-corrected chi connectivity index (χ3v) is 4.49. The summed E-state index contributed by atoms with van der Waals surface area (Å²) in [6, 6.07) is 7.64. The summed E-state index contributed by atoms with van der Waals surface area (Å²) in [7, 11) is 0. The number of hydrogen-bond acceptors (Lipinski definition) is 3. The first-order valence-electron chi connectivity index (χ1n) is 7.54. The van der Waals surface area contributed by atoms with Gasteiger partial charge in [0.05, 0.1) is 12.5 Å². The Morgan fingerprint density at radius 3 is 2.91 bits per heavy atom. The summed E-state index contributed by atoms with van der Waals surface area (Å²) in [6.45, 7) is 3.74. The zero-order chi connectivity index (χ0) is 15.9. The normalized spacial score (nSPS) is 17.9. The molecule has 0 aromatic heterocycles. The van der Waals surface area contributed by atoms with Gasteiger partial charge in [0, 0.05) is 24.1 Å². The van der Waals surface area contributed by atoms with Crippen LogP contribution in [-0.2, 0) is 16.1 Å². The van der Waals surface area contributed by atoms with Crippen molar-refractivity contribution in [1.29, 1.82) is 0 Å². The molecule has 0 radical (unpaired) electrons. The Hall–Kier alpha value is -1.56. The number of amides is 2. The Labute approximate surface area is 139 Å². The maximum Gasteiger partial charge on any atom is 0.317 e. The fourth-order valence-corrected chi connectivity index (χ4v) is 2.96. The SMILES string of the molecule is CCOC(=O)C1CCCN(C(=O)NCc2ccccc2Br)C1. The summed E-state index contributed by atoms with van der Waals surface area (Å²) < 4.78 is 6.02. The van der Waals surface area contributed by atoms with Crippen molar-refractivity contribution in [2.75, 3.05) is 19.7 Å². The maximum atomic E-state index is 12.3. The molecule has 1 atom stereocenters. The van der Waals surface area contributed by atoms with E-state index in [-0.39, 0.29) is 17.9 Å². The monoisotopic (exact) mass is 368 g/mol. The topological polar surface area (TPSA) is 58.6 Å². The van der Waals surface area contributed by atoms with E-state index in [0.717, 1.165) is 22.9 Å². The Morgan fingerprint density at radius 2 is 2.18 bits per heavy atom. The third kappa shape index (κ3) is 4.47. The predicted molar refractivity (Wildman–Crippen MR) is 87.3 cm³/mol. The lowest BCUT2D eigenvalue weighted by atomic mass is 9.98. The van der Waals surface area contributed by atoms with Crippen LogP contribution in [0.25, 0.3) is 0 Å². The van der Waals surface area contributed by atoms with Gasteiger partial charge < -0.3 is 15.0 Å². The first-order chi connectivity index (χ1) is 10.6. The molecule has 0 aliphatic carbocycles. The summed E-state index contributed by atoms with van der Waals surface area (Å²) in [5.41, 5.74) is 1.02. The molecule has 2 amide bonds. The van der Waals surface area contributed by atoms with E-state index in [0.29, 0.717) is 26.2 Å². The second kappa shape index (κ2) is 8.17. The number of hydrogen-bond donors (Lipinski definition) is 1. The molecular weight excluding hydrogens is 348 g/mol. The van der Waals surface area contributed by atoms with Crippen LogP contribution in [0, 0.1) is 5.92 Å². The summed E-state index contributed by atoms with van der Waals surface area (Å²) >= 11 is 3.46. The highest BCUT2D eigenvalue weighted by molar-refractivity contribution is 9.10. The minimum atomic E-state index is -0.206. The lowest BCUT2D eigenvalue weighted by molar-refractivity contribution is -0.149. The zero-order valence-electron chi connectivity index (χ0n) is 12.7. The zero-order valence-corrected chi connectivity index (χ0v) is 14.3. The molecule has 0 bridgehead atoms. The van der Waals surface area contributed by atoms with Crippen molar-refractivity contribution in [3.63, 3.8) is 0 Å². The fraction of sp³-hybridized carbons (Fsp3) is 0.500. The second-order valence-corrected chi connectivity index (χ2v) is 6.14. The number of likely N-dealkylation sites (tertiary alicyclic amines) is 1. The number of esters is 1. The molecule has 1 aliphatic rings. The van der Waals surface area contributed by atoms with E-state index in [1.165, 1.54) is 0 Å². The van der Waals surface area contributed by atoms with Crippen molar-refractivity contribution in [2.45, 2.75) is 26.3 Å². The van der Waals surface area contributed by atoms with Crippen LogP contribution in [0.15, 0.2) is 28.7 Å². The molecule has 0 saturated carbocycles. The highest BCUT2D eigenvalue weighted by Crippen LogP contribution is 2.19. The van der Waals surface area contributed by atoms with Gasteiger partial charge in [0.2, 0.25) is 0 Å². The average Bonchev–Trinajstić information content (AvgIpc) is 2.54. The molecular formula is C16H21BrN2O3. The summed E-state index contributed by atoms with van der Waals surface area (Å²) in [5, 5.41) is 2.91. The van der Waals surface area contributed by atoms with Gasteiger partial charge >= 0.3 is 12.0 Å². The molecule has 1 saturated heterocycles. The third-order valence-electron chi connectivity index (χ3n) is 3.72. The number of urea groups is 1. The molecule has 5 nitrogen and oxygen atoms in total. The number of nitrogens with one attached hydrogen (secondary N) is 1. The van der Waals surface area contributed by atoms with Crippen LogP contribution in [0.3, 0.4) is 0 Å². The molecule has 6 heteroatoms. The number of nitrogens with zero attached hydrogens (tertiary/aromatic N) is 1.